The number of fused-ring (bicyclic) bond motifs is 2. The highest BCUT2D eigenvalue weighted by Gasteiger charge is 2.49. The number of hydrogen-bond donors (Lipinski definition) is 2. The summed E-state index contributed by atoms with van der Waals surface area (Å²) >= 11 is 0. The molecule has 0 bridgehead atoms. The molecule has 5 rings (SSSR count). The van der Waals surface area contributed by atoms with E-state index in [0.717, 1.165) is 40.6 Å². The summed E-state index contributed by atoms with van der Waals surface area (Å²) in [7, 11) is 3.47. The average Bonchev–Trinajstić information content (AvgIpc) is 3.23. The van der Waals surface area contributed by atoms with Crippen molar-refractivity contribution in [2.75, 3.05) is 27.3 Å². The molecule has 0 unspecified atom stereocenters. The molecule has 0 saturated heterocycles. The van der Waals surface area contributed by atoms with Crippen molar-refractivity contribution in [2.24, 2.45) is 0 Å². The molecule has 2 aliphatic rings. The van der Waals surface area contributed by atoms with Crippen molar-refractivity contribution in [1.29, 1.82) is 0 Å². The van der Waals surface area contributed by atoms with Gasteiger partial charge in [-0.05, 0) is 31.4 Å². The van der Waals surface area contributed by atoms with E-state index in [4.69, 9.17) is 4.74 Å². The van der Waals surface area contributed by atoms with Crippen molar-refractivity contribution in [1.82, 2.24) is 25.0 Å². The third-order valence-electron chi connectivity index (χ3n) is 6.77. The zero-order chi connectivity index (χ0) is 21.8. The quantitative estimate of drug-likeness (QED) is 0.662. The number of aromatic nitrogens is 3. The third-order valence-corrected chi connectivity index (χ3v) is 6.77. The van der Waals surface area contributed by atoms with Gasteiger partial charge in [0.05, 0.1) is 18.7 Å². The summed E-state index contributed by atoms with van der Waals surface area (Å²) in [5.41, 5.74) is 4.58. The molecule has 2 N–H and O–H groups in total. The number of H-pyrrole nitrogens is 2. The van der Waals surface area contributed by atoms with Gasteiger partial charge in [-0.25, -0.2) is 0 Å². The number of amides is 2. The lowest BCUT2D eigenvalue weighted by atomic mass is 10.0. The molecular weight excluding hydrogens is 394 g/mol. The number of carbonyl (C=O) groups excluding carboxylic acids is 2. The van der Waals surface area contributed by atoms with Crippen LogP contribution in [0.4, 0.5) is 0 Å². The molecule has 162 valence electrons. The summed E-state index contributed by atoms with van der Waals surface area (Å²) in [6.07, 6.45) is 2.51. The van der Waals surface area contributed by atoms with Crippen molar-refractivity contribution >= 4 is 22.7 Å². The first-order valence-electron chi connectivity index (χ1n) is 10.6. The van der Waals surface area contributed by atoms with Gasteiger partial charge in [0.15, 0.2) is 5.69 Å². The van der Waals surface area contributed by atoms with Gasteiger partial charge in [0.25, 0.3) is 11.8 Å². The van der Waals surface area contributed by atoms with Crippen LogP contribution in [0.3, 0.4) is 0 Å². The van der Waals surface area contributed by atoms with Crippen LogP contribution in [0.2, 0.25) is 0 Å². The number of likely N-dealkylation sites (N-methyl/N-ethyl adjacent to an activating group) is 1. The van der Waals surface area contributed by atoms with E-state index in [-0.39, 0.29) is 17.4 Å². The van der Waals surface area contributed by atoms with Gasteiger partial charge in [0, 0.05) is 49.3 Å². The summed E-state index contributed by atoms with van der Waals surface area (Å²) in [6, 6.07) is 7.91. The lowest BCUT2D eigenvalue weighted by Crippen LogP contribution is -2.43. The molecule has 0 spiro atoms. The molecule has 1 saturated carbocycles. The molecule has 1 aliphatic heterocycles. The van der Waals surface area contributed by atoms with Gasteiger partial charge < -0.3 is 19.5 Å². The van der Waals surface area contributed by atoms with Crippen molar-refractivity contribution in [3.63, 3.8) is 0 Å². The van der Waals surface area contributed by atoms with Gasteiger partial charge in [-0.1, -0.05) is 18.2 Å². The topological polar surface area (TPSA) is 94.3 Å². The maximum atomic E-state index is 13.2. The Hall–Kier alpha value is -3.13. The summed E-state index contributed by atoms with van der Waals surface area (Å²) < 4.78 is 5.32. The molecule has 1 aromatic carbocycles. The van der Waals surface area contributed by atoms with E-state index in [0.29, 0.717) is 37.5 Å². The summed E-state index contributed by atoms with van der Waals surface area (Å²) in [4.78, 5) is 33.3. The number of aryl methyl sites for hydroxylation is 1. The molecule has 3 aromatic rings. The summed E-state index contributed by atoms with van der Waals surface area (Å²) in [5, 5.41) is 8.37. The summed E-state index contributed by atoms with van der Waals surface area (Å²) in [6.45, 7) is 3.49. The Bertz CT molecular complexity index is 1170. The fourth-order valence-electron chi connectivity index (χ4n) is 4.60. The minimum absolute atomic E-state index is 0.0627. The number of aromatic amines is 2. The maximum Gasteiger partial charge on any atom is 0.274 e. The number of para-hydroxylation sites is 1. The second kappa shape index (κ2) is 7.23. The molecular formula is C23H27N5O3. The zero-order valence-electron chi connectivity index (χ0n) is 18.1. The van der Waals surface area contributed by atoms with Crippen molar-refractivity contribution in [3.05, 3.63) is 52.5 Å². The van der Waals surface area contributed by atoms with Crippen molar-refractivity contribution in [2.45, 2.75) is 38.3 Å². The SMILES string of the molecule is COCC1(N(C)C(=O)c2n[nH]c3c2CN(C(=O)c2cc4cccc(C)c4[nH]2)CC3)CC1. The summed E-state index contributed by atoms with van der Waals surface area (Å²) in [5.74, 6) is -0.185. The zero-order valence-corrected chi connectivity index (χ0v) is 18.1. The van der Waals surface area contributed by atoms with Crippen LogP contribution < -0.4 is 0 Å². The molecule has 3 heterocycles. The second-order valence-corrected chi connectivity index (χ2v) is 8.75. The lowest BCUT2D eigenvalue weighted by molar-refractivity contribution is 0.0541. The molecule has 8 heteroatoms. The molecule has 0 atom stereocenters. The Labute approximate surface area is 180 Å². The van der Waals surface area contributed by atoms with E-state index < -0.39 is 0 Å². The van der Waals surface area contributed by atoms with Gasteiger partial charge in [0.2, 0.25) is 0 Å². The molecule has 2 amide bonds. The number of methoxy groups -OCH3 is 1. The minimum Gasteiger partial charge on any atom is -0.382 e. The Balaban J connectivity index is 1.39. The number of benzene rings is 1. The lowest BCUT2D eigenvalue weighted by Gasteiger charge is -2.29. The van der Waals surface area contributed by atoms with Gasteiger partial charge in [-0.3, -0.25) is 14.7 Å². The molecule has 1 aliphatic carbocycles. The Morgan fingerprint density at radius 3 is 2.84 bits per heavy atom. The monoisotopic (exact) mass is 421 g/mol. The number of hydrogen-bond acceptors (Lipinski definition) is 4. The van der Waals surface area contributed by atoms with Crippen molar-refractivity contribution < 1.29 is 14.3 Å². The van der Waals surface area contributed by atoms with Gasteiger partial charge in [-0.15, -0.1) is 0 Å². The molecule has 1 fully saturated rings. The van der Waals surface area contributed by atoms with E-state index >= 15 is 0 Å². The average molecular weight is 422 g/mol. The van der Waals surface area contributed by atoms with Gasteiger partial charge in [-0.2, -0.15) is 5.10 Å². The van der Waals surface area contributed by atoms with Crippen LogP contribution in [0, 0.1) is 6.92 Å². The normalized spacial score (nSPS) is 16.9. The van der Waals surface area contributed by atoms with Crippen LogP contribution in [-0.2, 0) is 17.7 Å². The third kappa shape index (κ3) is 3.22. The Morgan fingerprint density at radius 1 is 1.32 bits per heavy atom. The van der Waals surface area contributed by atoms with Crippen LogP contribution in [-0.4, -0.2) is 69.6 Å². The predicted molar refractivity (Wildman–Crippen MR) is 116 cm³/mol. The highest BCUT2D eigenvalue weighted by Crippen LogP contribution is 2.42. The molecule has 8 nitrogen and oxygen atoms in total. The maximum absolute atomic E-state index is 13.2. The number of ether oxygens (including phenoxy) is 1. The van der Waals surface area contributed by atoms with E-state index in [1.807, 2.05) is 38.2 Å². The van der Waals surface area contributed by atoms with E-state index in [1.54, 1.807) is 16.9 Å². The first-order chi connectivity index (χ1) is 14.9. The highest BCUT2D eigenvalue weighted by molar-refractivity contribution is 5.99. The molecule has 31 heavy (non-hydrogen) atoms. The molecule has 0 radical (unpaired) electrons. The molecule has 2 aromatic heterocycles. The van der Waals surface area contributed by atoms with Crippen LogP contribution >= 0.6 is 0 Å². The van der Waals surface area contributed by atoms with Crippen molar-refractivity contribution in [3.8, 4) is 0 Å². The van der Waals surface area contributed by atoms with Crippen LogP contribution in [0.5, 0.6) is 0 Å². The standard InChI is InChI=1S/C23H27N5O3/c1-14-5-4-6-15-11-18(24-19(14)15)21(29)28-10-7-17-16(12-28)20(26-25-17)22(30)27(2)23(8-9-23)13-31-3/h4-6,11,24H,7-10,12-13H2,1-3H3,(H,25,26). The highest BCUT2D eigenvalue weighted by atomic mass is 16.5. The first kappa shape index (κ1) is 19.8. The number of rotatable bonds is 5. The Kier molecular flexibility index (Phi) is 4.62. The fraction of sp³-hybridized carbons (Fsp3) is 0.435. The Morgan fingerprint density at radius 2 is 2.13 bits per heavy atom. The number of carbonyl (C=O) groups is 2. The number of nitrogens with one attached hydrogen (secondary N) is 2. The first-order valence-corrected chi connectivity index (χ1v) is 10.6. The van der Waals surface area contributed by atoms with Gasteiger partial charge >= 0.3 is 0 Å². The van der Waals surface area contributed by atoms with E-state index in [9.17, 15) is 9.59 Å². The minimum atomic E-state index is -0.232. The predicted octanol–water partition coefficient (Wildman–Crippen LogP) is 2.65. The van der Waals surface area contributed by atoms with E-state index in [1.165, 1.54) is 0 Å². The number of nitrogens with zero attached hydrogens (tertiary/aromatic N) is 3. The van der Waals surface area contributed by atoms with Gasteiger partial charge in [0.1, 0.15) is 5.69 Å². The second-order valence-electron chi connectivity index (χ2n) is 8.75. The largest absolute Gasteiger partial charge is 0.382 e. The van der Waals surface area contributed by atoms with Crippen LogP contribution in [0.15, 0.2) is 24.3 Å². The van der Waals surface area contributed by atoms with E-state index in [2.05, 4.69) is 15.2 Å². The van der Waals surface area contributed by atoms with Crippen LogP contribution in [0.1, 0.15) is 50.6 Å². The fourth-order valence-corrected chi connectivity index (χ4v) is 4.60. The van der Waals surface area contributed by atoms with Crippen LogP contribution in [0.25, 0.3) is 10.9 Å². The smallest absolute Gasteiger partial charge is 0.274 e.